The molecule has 0 radical (unpaired) electrons. The molecule has 17 heavy (non-hydrogen) atoms. The first-order valence-corrected chi connectivity index (χ1v) is 5.28. The highest BCUT2D eigenvalue weighted by molar-refractivity contribution is 4.95. The predicted molar refractivity (Wildman–Crippen MR) is 60.0 cm³/mol. The molecule has 0 rings (SSSR count). The van der Waals surface area contributed by atoms with Gasteiger partial charge < -0.3 is 29.9 Å². The second kappa shape index (κ2) is 9.04. The van der Waals surface area contributed by atoms with Crippen LogP contribution in [0.1, 0.15) is 13.8 Å². The monoisotopic (exact) mass is 248 g/mol. The Morgan fingerprint density at radius 1 is 0.824 bits per heavy atom. The number of hydrogen-bond donors (Lipinski definition) is 4. The van der Waals surface area contributed by atoms with E-state index in [-0.39, 0.29) is 26.4 Å². The Bertz CT molecular complexity index is 237. The van der Waals surface area contributed by atoms with Gasteiger partial charge in [0.1, 0.15) is 23.7 Å². The molecule has 6 heteroatoms. The highest BCUT2D eigenvalue weighted by atomic mass is 16.5. The minimum atomic E-state index is -0.693. The van der Waals surface area contributed by atoms with Crippen LogP contribution in [-0.2, 0) is 9.47 Å². The smallest absolute Gasteiger partial charge is 0.145 e. The molecule has 0 aliphatic rings. The summed E-state index contributed by atoms with van der Waals surface area (Å²) in [4.78, 5) is 0. The molecule has 6 nitrogen and oxygen atoms in total. The molecule has 0 amide bonds. The molecule has 0 saturated carbocycles. The first kappa shape index (κ1) is 16.0. The van der Waals surface area contributed by atoms with Gasteiger partial charge in [0, 0.05) is 13.8 Å². The van der Waals surface area contributed by atoms with Gasteiger partial charge in [0.2, 0.25) is 0 Å². The van der Waals surface area contributed by atoms with Crippen molar-refractivity contribution in [1.82, 2.24) is 0 Å². The number of ether oxygens (including phenoxy) is 2. The van der Waals surface area contributed by atoms with Crippen LogP contribution in [0.15, 0.2) is 17.2 Å². The van der Waals surface area contributed by atoms with Gasteiger partial charge in [0.25, 0.3) is 0 Å². The van der Waals surface area contributed by atoms with Gasteiger partial charge in [-0.15, -0.1) is 0 Å². The van der Waals surface area contributed by atoms with E-state index in [9.17, 15) is 0 Å². The lowest BCUT2D eigenvalue weighted by atomic mass is 10.4. The largest absolute Gasteiger partial charge is 0.482 e. The fourth-order valence-electron chi connectivity index (χ4n) is 1.07. The number of aliphatic hydroxyl groups is 4. The third kappa shape index (κ3) is 6.99. The van der Waals surface area contributed by atoms with Crippen LogP contribution >= 0.6 is 0 Å². The molecule has 0 fully saturated rings. The molecular formula is C11H20O6. The van der Waals surface area contributed by atoms with Crippen LogP contribution in [0.25, 0.3) is 0 Å². The first-order chi connectivity index (χ1) is 8.07. The Hall–Kier alpha value is -1.04. The van der Waals surface area contributed by atoms with Crippen molar-refractivity contribution in [1.29, 1.82) is 0 Å². The Morgan fingerprint density at radius 3 is 1.35 bits per heavy atom. The molecule has 4 N–H and O–H groups in total. The quantitative estimate of drug-likeness (QED) is 0.329. The van der Waals surface area contributed by atoms with Gasteiger partial charge in [-0.25, -0.2) is 0 Å². The van der Waals surface area contributed by atoms with Crippen molar-refractivity contribution in [2.24, 2.45) is 0 Å². The summed E-state index contributed by atoms with van der Waals surface area (Å²) in [6.45, 7) is 1.99. The Morgan fingerprint density at radius 2 is 1.12 bits per heavy atom. The Balaban J connectivity index is 4.49. The first-order valence-electron chi connectivity index (χ1n) is 5.28. The molecule has 100 valence electrons. The summed E-state index contributed by atoms with van der Waals surface area (Å²) in [5.74, 6) is 0.676. The van der Waals surface area contributed by atoms with Crippen LogP contribution < -0.4 is 0 Å². The second-order valence-corrected chi connectivity index (χ2v) is 3.45. The molecule has 0 aromatic rings. The molecular weight excluding hydrogens is 228 g/mol. The van der Waals surface area contributed by atoms with E-state index in [1.54, 1.807) is 13.8 Å². The molecule has 0 aliphatic carbocycles. The zero-order valence-electron chi connectivity index (χ0n) is 10.1. The summed E-state index contributed by atoms with van der Waals surface area (Å²) >= 11 is 0. The Labute approximate surface area is 100 Å². The molecule has 0 atom stereocenters. The van der Waals surface area contributed by atoms with Gasteiger partial charge in [-0.05, 0) is 5.73 Å². The summed E-state index contributed by atoms with van der Waals surface area (Å²) < 4.78 is 10.3. The highest BCUT2D eigenvalue weighted by Crippen LogP contribution is 2.05. The summed E-state index contributed by atoms with van der Waals surface area (Å²) in [6, 6.07) is 0. The third-order valence-electron chi connectivity index (χ3n) is 1.85. The zero-order valence-corrected chi connectivity index (χ0v) is 10.1. The fourth-order valence-corrected chi connectivity index (χ4v) is 1.07. The molecule has 0 aliphatic heterocycles. The maximum Gasteiger partial charge on any atom is 0.145 e. The van der Waals surface area contributed by atoms with Crippen LogP contribution in [0.2, 0.25) is 0 Å². The number of rotatable bonds is 8. The van der Waals surface area contributed by atoms with Gasteiger partial charge in [0.05, 0.1) is 26.4 Å². The summed E-state index contributed by atoms with van der Waals surface area (Å²) in [5, 5.41) is 35.2. The van der Waals surface area contributed by atoms with Gasteiger partial charge in [-0.3, -0.25) is 0 Å². The van der Waals surface area contributed by atoms with E-state index in [1.165, 1.54) is 0 Å². The predicted octanol–water partition coefficient (Wildman–Crippen LogP) is -0.868. The van der Waals surface area contributed by atoms with Gasteiger partial charge in [-0.2, -0.15) is 0 Å². The highest BCUT2D eigenvalue weighted by Gasteiger charge is 2.08. The van der Waals surface area contributed by atoms with Crippen molar-refractivity contribution in [3.8, 4) is 0 Å². The second-order valence-electron chi connectivity index (χ2n) is 3.45. The Kier molecular flexibility index (Phi) is 8.49. The standard InChI is InChI=1S/C11H20O6/c1-8(16-10(4-12)5-13)3-9(2)17-11(6-14)7-15/h10-15H,4-7H2,1-2H3. The van der Waals surface area contributed by atoms with Crippen LogP contribution in [0, 0.1) is 0 Å². The number of hydrogen-bond acceptors (Lipinski definition) is 6. The summed E-state index contributed by atoms with van der Waals surface area (Å²) in [7, 11) is 0. The van der Waals surface area contributed by atoms with Crippen molar-refractivity contribution >= 4 is 0 Å². The van der Waals surface area contributed by atoms with Crippen molar-refractivity contribution in [3.05, 3.63) is 17.2 Å². The van der Waals surface area contributed by atoms with Crippen molar-refractivity contribution in [2.45, 2.75) is 26.1 Å². The molecule has 0 bridgehead atoms. The topological polar surface area (TPSA) is 99.4 Å². The van der Waals surface area contributed by atoms with Crippen LogP contribution in [0.3, 0.4) is 0 Å². The van der Waals surface area contributed by atoms with E-state index in [2.05, 4.69) is 5.73 Å². The normalized spacial score (nSPS) is 10.4. The van der Waals surface area contributed by atoms with E-state index in [4.69, 9.17) is 29.9 Å². The maximum absolute atomic E-state index is 8.80. The van der Waals surface area contributed by atoms with Crippen molar-refractivity contribution in [3.63, 3.8) is 0 Å². The lowest BCUT2D eigenvalue weighted by Gasteiger charge is -2.15. The van der Waals surface area contributed by atoms with E-state index < -0.39 is 12.2 Å². The van der Waals surface area contributed by atoms with Crippen LogP contribution in [0.5, 0.6) is 0 Å². The molecule has 0 saturated heterocycles. The number of allylic oxidation sites excluding steroid dienone is 1. The van der Waals surface area contributed by atoms with Crippen molar-refractivity contribution < 1.29 is 29.9 Å². The molecule has 0 aromatic heterocycles. The van der Waals surface area contributed by atoms with E-state index in [0.717, 1.165) is 0 Å². The summed E-state index contributed by atoms with van der Waals surface area (Å²) in [6.07, 6.45) is -1.39. The zero-order chi connectivity index (χ0) is 13.3. The molecule has 0 unspecified atom stereocenters. The SMILES string of the molecule is CC(=C=C(C)OC(CO)CO)OC(CO)CO. The molecule has 0 aromatic carbocycles. The number of aliphatic hydroxyl groups excluding tert-OH is 4. The average Bonchev–Trinajstić information content (AvgIpc) is 2.32. The van der Waals surface area contributed by atoms with E-state index >= 15 is 0 Å². The van der Waals surface area contributed by atoms with E-state index in [1.807, 2.05) is 0 Å². The minimum Gasteiger partial charge on any atom is -0.482 e. The maximum atomic E-state index is 8.80. The van der Waals surface area contributed by atoms with Gasteiger partial charge in [-0.1, -0.05) is 0 Å². The molecule has 0 heterocycles. The van der Waals surface area contributed by atoms with Crippen LogP contribution in [-0.4, -0.2) is 59.1 Å². The third-order valence-corrected chi connectivity index (χ3v) is 1.85. The minimum absolute atomic E-state index is 0.300. The summed E-state index contributed by atoms with van der Waals surface area (Å²) in [5.41, 5.74) is 2.72. The van der Waals surface area contributed by atoms with E-state index in [0.29, 0.717) is 11.5 Å². The fraction of sp³-hybridized carbons (Fsp3) is 0.727. The lowest BCUT2D eigenvalue weighted by molar-refractivity contribution is 0.0128. The van der Waals surface area contributed by atoms with Crippen LogP contribution in [0.4, 0.5) is 0 Å². The molecule has 0 spiro atoms. The average molecular weight is 248 g/mol. The van der Waals surface area contributed by atoms with Gasteiger partial charge in [0.15, 0.2) is 0 Å². The van der Waals surface area contributed by atoms with Gasteiger partial charge >= 0.3 is 0 Å². The lowest BCUT2D eigenvalue weighted by Crippen LogP contribution is -2.21. The van der Waals surface area contributed by atoms with Crippen molar-refractivity contribution in [2.75, 3.05) is 26.4 Å².